The first-order chi connectivity index (χ1) is 8.60. The number of ether oxygens (including phenoxy) is 1. The number of carbonyl (C=O) groups is 1. The topological polar surface area (TPSA) is 38.3 Å². The number of hydrogen-bond donors (Lipinski definition) is 1. The molecular formula is C12H10ClNO2S2. The van der Waals surface area contributed by atoms with Crippen molar-refractivity contribution >= 4 is 51.9 Å². The number of halogens is 1. The summed E-state index contributed by atoms with van der Waals surface area (Å²) in [6.07, 6.45) is 1.75. The zero-order chi connectivity index (χ0) is 13.1. The molecule has 0 radical (unpaired) electrons. The summed E-state index contributed by atoms with van der Waals surface area (Å²) in [6.45, 7) is 2.46. The highest BCUT2D eigenvalue weighted by Gasteiger charge is 2.21. The molecule has 1 heterocycles. The third-order valence-electron chi connectivity index (χ3n) is 2.20. The highest BCUT2D eigenvalue weighted by atomic mass is 35.5. The van der Waals surface area contributed by atoms with Gasteiger partial charge < -0.3 is 10.1 Å². The molecule has 0 saturated carbocycles. The van der Waals surface area contributed by atoms with Crippen LogP contribution in [0.3, 0.4) is 0 Å². The van der Waals surface area contributed by atoms with Gasteiger partial charge in [0, 0.05) is 0 Å². The molecule has 6 heteroatoms. The molecule has 1 saturated heterocycles. The van der Waals surface area contributed by atoms with Crippen molar-refractivity contribution in [3.8, 4) is 5.75 Å². The molecule has 1 aliphatic rings. The lowest BCUT2D eigenvalue weighted by Crippen LogP contribution is -2.17. The lowest BCUT2D eigenvalue weighted by molar-refractivity contribution is -0.115. The molecule has 1 fully saturated rings. The average Bonchev–Trinajstić information content (AvgIpc) is 2.61. The SMILES string of the molecule is CCOc1ccc(/C=C2\SC(=S)NC2=O)cc1Cl. The first kappa shape index (κ1) is 13.4. The van der Waals surface area contributed by atoms with E-state index in [2.05, 4.69) is 5.32 Å². The van der Waals surface area contributed by atoms with Crippen LogP contribution < -0.4 is 10.1 Å². The van der Waals surface area contributed by atoms with E-state index in [-0.39, 0.29) is 5.91 Å². The molecule has 1 aliphatic heterocycles. The molecule has 1 aromatic rings. The van der Waals surface area contributed by atoms with Gasteiger partial charge in [0.15, 0.2) is 0 Å². The van der Waals surface area contributed by atoms with Gasteiger partial charge in [-0.25, -0.2) is 0 Å². The smallest absolute Gasteiger partial charge is 0.263 e. The van der Waals surface area contributed by atoms with E-state index >= 15 is 0 Å². The lowest BCUT2D eigenvalue weighted by atomic mass is 10.2. The monoisotopic (exact) mass is 299 g/mol. The first-order valence-electron chi connectivity index (χ1n) is 5.27. The molecule has 18 heavy (non-hydrogen) atoms. The van der Waals surface area contributed by atoms with Crippen LogP contribution in [0.15, 0.2) is 23.1 Å². The van der Waals surface area contributed by atoms with E-state index in [9.17, 15) is 4.79 Å². The van der Waals surface area contributed by atoms with Crippen molar-refractivity contribution in [3.05, 3.63) is 33.7 Å². The van der Waals surface area contributed by atoms with E-state index in [1.807, 2.05) is 13.0 Å². The van der Waals surface area contributed by atoms with Crippen molar-refractivity contribution in [2.45, 2.75) is 6.92 Å². The van der Waals surface area contributed by atoms with Gasteiger partial charge in [-0.15, -0.1) is 0 Å². The van der Waals surface area contributed by atoms with Crippen LogP contribution in [0.4, 0.5) is 0 Å². The minimum absolute atomic E-state index is 0.171. The molecule has 94 valence electrons. The number of carbonyl (C=O) groups excluding carboxylic acids is 1. The molecular weight excluding hydrogens is 290 g/mol. The number of benzene rings is 1. The minimum Gasteiger partial charge on any atom is -0.492 e. The van der Waals surface area contributed by atoms with Crippen molar-refractivity contribution < 1.29 is 9.53 Å². The molecule has 2 rings (SSSR count). The quantitative estimate of drug-likeness (QED) is 0.687. The summed E-state index contributed by atoms with van der Waals surface area (Å²) < 4.78 is 5.82. The molecule has 0 aromatic heterocycles. The summed E-state index contributed by atoms with van der Waals surface area (Å²) in [5, 5.41) is 3.09. The Morgan fingerprint density at radius 1 is 1.56 bits per heavy atom. The van der Waals surface area contributed by atoms with Crippen molar-refractivity contribution in [1.82, 2.24) is 5.32 Å². The van der Waals surface area contributed by atoms with Crippen molar-refractivity contribution in [1.29, 1.82) is 0 Å². The summed E-state index contributed by atoms with van der Waals surface area (Å²) >= 11 is 12.2. The molecule has 1 amide bonds. The summed E-state index contributed by atoms with van der Waals surface area (Å²) in [5.41, 5.74) is 0.839. The Hall–Kier alpha value is -1.04. The highest BCUT2D eigenvalue weighted by Crippen LogP contribution is 2.29. The maximum absolute atomic E-state index is 11.5. The Bertz CT molecular complexity index is 543. The van der Waals surface area contributed by atoms with Crippen LogP contribution in [0.5, 0.6) is 5.75 Å². The summed E-state index contributed by atoms with van der Waals surface area (Å²) in [6, 6.07) is 5.39. The third kappa shape index (κ3) is 3.04. The van der Waals surface area contributed by atoms with Gasteiger partial charge in [-0.2, -0.15) is 0 Å². The molecule has 0 bridgehead atoms. The Morgan fingerprint density at radius 2 is 2.33 bits per heavy atom. The van der Waals surface area contributed by atoms with E-state index in [1.165, 1.54) is 11.8 Å². The Labute approximate surface area is 120 Å². The normalized spacial score (nSPS) is 17.1. The summed E-state index contributed by atoms with van der Waals surface area (Å²) in [7, 11) is 0. The number of thioether (sulfide) groups is 1. The van der Waals surface area contributed by atoms with Gasteiger partial charge in [-0.1, -0.05) is 41.6 Å². The third-order valence-corrected chi connectivity index (χ3v) is 3.65. The fourth-order valence-corrected chi connectivity index (χ4v) is 2.74. The molecule has 0 atom stereocenters. The van der Waals surface area contributed by atoms with Crippen LogP contribution in [0.25, 0.3) is 6.08 Å². The van der Waals surface area contributed by atoms with Gasteiger partial charge in [0.05, 0.1) is 16.5 Å². The Balaban J connectivity index is 2.25. The molecule has 1 aromatic carbocycles. The van der Waals surface area contributed by atoms with Gasteiger partial charge in [0.2, 0.25) is 0 Å². The van der Waals surface area contributed by atoms with E-state index in [1.54, 1.807) is 18.2 Å². The molecule has 0 spiro atoms. The van der Waals surface area contributed by atoms with Crippen LogP contribution in [0.2, 0.25) is 5.02 Å². The number of thiocarbonyl (C=S) groups is 1. The van der Waals surface area contributed by atoms with Gasteiger partial charge >= 0.3 is 0 Å². The summed E-state index contributed by atoms with van der Waals surface area (Å²) in [5.74, 6) is 0.468. The zero-order valence-electron chi connectivity index (χ0n) is 9.53. The number of rotatable bonds is 3. The van der Waals surface area contributed by atoms with Crippen molar-refractivity contribution in [3.63, 3.8) is 0 Å². The maximum atomic E-state index is 11.5. The second-order valence-electron chi connectivity index (χ2n) is 3.48. The van der Waals surface area contributed by atoms with Crippen molar-refractivity contribution in [2.24, 2.45) is 0 Å². The fraction of sp³-hybridized carbons (Fsp3) is 0.167. The fourth-order valence-electron chi connectivity index (χ4n) is 1.45. The van der Waals surface area contributed by atoms with Gasteiger partial charge in [0.1, 0.15) is 10.1 Å². The van der Waals surface area contributed by atoms with E-state index in [4.69, 9.17) is 28.6 Å². The zero-order valence-corrected chi connectivity index (χ0v) is 11.9. The lowest BCUT2D eigenvalue weighted by Gasteiger charge is -2.05. The first-order valence-corrected chi connectivity index (χ1v) is 6.87. The predicted molar refractivity (Wildman–Crippen MR) is 78.9 cm³/mol. The second-order valence-corrected chi connectivity index (χ2v) is 5.60. The van der Waals surface area contributed by atoms with Gasteiger partial charge in [0.25, 0.3) is 5.91 Å². The van der Waals surface area contributed by atoms with Gasteiger partial charge in [-0.05, 0) is 30.7 Å². The Morgan fingerprint density at radius 3 is 2.89 bits per heavy atom. The van der Waals surface area contributed by atoms with E-state index in [0.29, 0.717) is 26.6 Å². The van der Waals surface area contributed by atoms with Gasteiger partial charge in [-0.3, -0.25) is 4.79 Å². The standard InChI is InChI=1S/C12H10ClNO2S2/c1-2-16-9-4-3-7(5-8(9)13)6-10-11(15)14-12(17)18-10/h3-6H,2H2,1H3,(H,14,15,17)/b10-6-. The second kappa shape index (κ2) is 5.73. The van der Waals surface area contributed by atoms with E-state index < -0.39 is 0 Å². The molecule has 1 N–H and O–H groups in total. The van der Waals surface area contributed by atoms with Crippen LogP contribution in [-0.4, -0.2) is 16.8 Å². The summed E-state index contributed by atoms with van der Waals surface area (Å²) in [4.78, 5) is 12.1. The largest absolute Gasteiger partial charge is 0.492 e. The van der Waals surface area contributed by atoms with Crippen LogP contribution in [0.1, 0.15) is 12.5 Å². The van der Waals surface area contributed by atoms with Crippen molar-refractivity contribution in [2.75, 3.05) is 6.61 Å². The Kier molecular flexibility index (Phi) is 4.27. The molecule has 0 unspecified atom stereocenters. The predicted octanol–water partition coefficient (Wildman–Crippen LogP) is 3.23. The van der Waals surface area contributed by atoms with Crippen LogP contribution in [0, 0.1) is 0 Å². The van der Waals surface area contributed by atoms with Crippen LogP contribution in [-0.2, 0) is 4.79 Å². The van der Waals surface area contributed by atoms with E-state index in [0.717, 1.165) is 5.56 Å². The molecule has 3 nitrogen and oxygen atoms in total. The number of amides is 1. The minimum atomic E-state index is -0.171. The highest BCUT2D eigenvalue weighted by molar-refractivity contribution is 8.26. The number of nitrogens with one attached hydrogen (secondary N) is 1. The maximum Gasteiger partial charge on any atom is 0.263 e. The number of hydrogen-bond acceptors (Lipinski definition) is 4. The average molecular weight is 300 g/mol. The molecule has 0 aliphatic carbocycles. The van der Waals surface area contributed by atoms with Crippen LogP contribution >= 0.6 is 35.6 Å².